The molecule has 1 unspecified atom stereocenters. The lowest BCUT2D eigenvalue weighted by molar-refractivity contribution is -0.119. The second kappa shape index (κ2) is 8.39. The van der Waals surface area contributed by atoms with Crippen LogP contribution in [0.15, 0.2) is 24.3 Å². The molecular formula is C15H23N3O3. The average molecular weight is 293 g/mol. The van der Waals surface area contributed by atoms with E-state index in [1.165, 1.54) is 7.11 Å². The third kappa shape index (κ3) is 6.37. The molecule has 21 heavy (non-hydrogen) atoms. The minimum atomic E-state index is -0.225. The Morgan fingerprint density at radius 3 is 2.00 bits per heavy atom. The van der Waals surface area contributed by atoms with E-state index in [9.17, 15) is 9.59 Å². The quantitative estimate of drug-likeness (QED) is 0.711. The predicted molar refractivity (Wildman–Crippen MR) is 83.0 cm³/mol. The summed E-state index contributed by atoms with van der Waals surface area (Å²) in [6.07, 6.45) is 0.282. The lowest BCUT2D eigenvalue weighted by Crippen LogP contribution is -2.31. The Morgan fingerprint density at radius 1 is 1.10 bits per heavy atom. The van der Waals surface area contributed by atoms with Crippen molar-refractivity contribution < 1.29 is 14.3 Å². The van der Waals surface area contributed by atoms with Crippen LogP contribution in [0.1, 0.15) is 20.3 Å². The molecule has 0 radical (unpaired) electrons. The fourth-order valence-electron chi connectivity index (χ4n) is 1.63. The Balaban J connectivity index is 2.51. The van der Waals surface area contributed by atoms with Crippen LogP contribution < -0.4 is 16.4 Å². The van der Waals surface area contributed by atoms with Crippen LogP contribution in [0.25, 0.3) is 0 Å². The van der Waals surface area contributed by atoms with Crippen LogP contribution in [0, 0.1) is 5.92 Å². The second-order valence-electron chi connectivity index (χ2n) is 5.22. The standard InChI is InChI=1S/C15H23N3O3/c1-10(2)13(16)8-14(19)17-11-4-6-12(7-5-11)18-15(20)9-21-3/h4-7,10,13H,8-9,16H2,1-3H3,(H,17,19)(H,18,20). The Labute approximate surface area is 125 Å². The van der Waals surface area contributed by atoms with E-state index in [-0.39, 0.29) is 36.8 Å². The minimum Gasteiger partial charge on any atom is -0.375 e. The number of hydrogen-bond donors (Lipinski definition) is 3. The van der Waals surface area contributed by atoms with Gasteiger partial charge in [-0.25, -0.2) is 0 Å². The number of rotatable bonds is 7. The molecule has 0 aromatic heterocycles. The van der Waals surface area contributed by atoms with Crippen LogP contribution >= 0.6 is 0 Å². The topological polar surface area (TPSA) is 93.5 Å². The highest BCUT2D eigenvalue weighted by atomic mass is 16.5. The Kier molecular flexibility index (Phi) is 6.84. The van der Waals surface area contributed by atoms with Gasteiger partial charge in [0.1, 0.15) is 6.61 Å². The molecule has 0 heterocycles. The molecule has 6 nitrogen and oxygen atoms in total. The van der Waals surface area contributed by atoms with Gasteiger partial charge in [0.2, 0.25) is 11.8 Å². The van der Waals surface area contributed by atoms with Gasteiger partial charge in [0.15, 0.2) is 0 Å². The van der Waals surface area contributed by atoms with E-state index in [1.54, 1.807) is 24.3 Å². The number of carbonyl (C=O) groups excluding carboxylic acids is 2. The first-order valence-electron chi connectivity index (χ1n) is 6.86. The molecular weight excluding hydrogens is 270 g/mol. The summed E-state index contributed by atoms with van der Waals surface area (Å²) in [6.45, 7) is 3.97. The number of benzene rings is 1. The molecule has 0 saturated carbocycles. The molecule has 1 aromatic carbocycles. The molecule has 1 rings (SSSR count). The van der Waals surface area contributed by atoms with E-state index in [1.807, 2.05) is 13.8 Å². The summed E-state index contributed by atoms with van der Waals surface area (Å²) >= 11 is 0. The van der Waals surface area contributed by atoms with Crippen molar-refractivity contribution in [1.82, 2.24) is 0 Å². The van der Waals surface area contributed by atoms with Gasteiger partial charge in [-0.2, -0.15) is 0 Å². The SMILES string of the molecule is COCC(=O)Nc1ccc(NC(=O)CC(N)C(C)C)cc1. The Hall–Kier alpha value is -1.92. The van der Waals surface area contributed by atoms with Gasteiger partial charge in [0.25, 0.3) is 0 Å². The summed E-state index contributed by atoms with van der Waals surface area (Å²) in [5.41, 5.74) is 7.17. The number of methoxy groups -OCH3 is 1. The van der Waals surface area contributed by atoms with Crippen molar-refractivity contribution in [1.29, 1.82) is 0 Å². The van der Waals surface area contributed by atoms with Gasteiger partial charge in [0.05, 0.1) is 0 Å². The number of hydrogen-bond acceptors (Lipinski definition) is 4. The highest BCUT2D eigenvalue weighted by molar-refractivity contribution is 5.93. The molecule has 0 aliphatic rings. The smallest absolute Gasteiger partial charge is 0.250 e. The maximum Gasteiger partial charge on any atom is 0.250 e. The summed E-state index contributed by atoms with van der Waals surface area (Å²) in [4.78, 5) is 23.1. The molecule has 0 saturated heterocycles. The maximum absolute atomic E-state index is 11.8. The van der Waals surface area contributed by atoms with Crippen LogP contribution in [-0.2, 0) is 14.3 Å². The van der Waals surface area contributed by atoms with Gasteiger partial charge in [-0.05, 0) is 30.2 Å². The van der Waals surface area contributed by atoms with Crippen molar-refractivity contribution in [3.63, 3.8) is 0 Å². The Bertz CT molecular complexity index is 472. The molecule has 0 spiro atoms. The zero-order valence-corrected chi connectivity index (χ0v) is 12.7. The van der Waals surface area contributed by atoms with Crippen LogP contribution in [0.5, 0.6) is 0 Å². The Morgan fingerprint density at radius 2 is 1.57 bits per heavy atom. The molecule has 0 fully saturated rings. The lowest BCUT2D eigenvalue weighted by atomic mass is 10.0. The summed E-state index contributed by atoms with van der Waals surface area (Å²) < 4.78 is 4.73. The molecule has 6 heteroatoms. The highest BCUT2D eigenvalue weighted by Gasteiger charge is 2.13. The molecule has 4 N–H and O–H groups in total. The average Bonchev–Trinajstić information content (AvgIpc) is 2.41. The molecule has 0 bridgehead atoms. The van der Waals surface area contributed by atoms with Gasteiger partial charge in [-0.3, -0.25) is 9.59 Å². The summed E-state index contributed by atoms with van der Waals surface area (Å²) in [5, 5.41) is 5.45. The molecule has 0 aliphatic heterocycles. The number of nitrogens with one attached hydrogen (secondary N) is 2. The zero-order chi connectivity index (χ0) is 15.8. The minimum absolute atomic E-state index is 0.00553. The first-order valence-corrected chi connectivity index (χ1v) is 6.86. The lowest BCUT2D eigenvalue weighted by Gasteiger charge is -2.15. The third-order valence-corrected chi connectivity index (χ3v) is 3.01. The van der Waals surface area contributed by atoms with Crippen LogP contribution in [0.2, 0.25) is 0 Å². The number of amides is 2. The maximum atomic E-state index is 11.8. The van der Waals surface area contributed by atoms with Crippen LogP contribution in [0.3, 0.4) is 0 Å². The van der Waals surface area contributed by atoms with E-state index in [0.717, 1.165) is 0 Å². The fourth-order valence-corrected chi connectivity index (χ4v) is 1.63. The van der Waals surface area contributed by atoms with Gasteiger partial charge in [-0.15, -0.1) is 0 Å². The molecule has 116 valence electrons. The fraction of sp³-hybridized carbons (Fsp3) is 0.467. The number of carbonyl (C=O) groups is 2. The van der Waals surface area contributed by atoms with Crippen molar-refractivity contribution >= 4 is 23.2 Å². The summed E-state index contributed by atoms with van der Waals surface area (Å²) in [5.74, 6) is -0.0846. The van der Waals surface area contributed by atoms with Crippen molar-refractivity contribution in [2.75, 3.05) is 24.4 Å². The summed E-state index contributed by atoms with van der Waals surface area (Å²) in [6, 6.07) is 6.72. The van der Waals surface area contributed by atoms with Crippen LogP contribution in [-0.4, -0.2) is 31.6 Å². The van der Waals surface area contributed by atoms with Crippen molar-refractivity contribution in [3.8, 4) is 0 Å². The van der Waals surface area contributed by atoms with Crippen molar-refractivity contribution in [2.45, 2.75) is 26.3 Å². The zero-order valence-electron chi connectivity index (χ0n) is 12.7. The first-order chi connectivity index (χ1) is 9.92. The number of anilines is 2. The van der Waals surface area contributed by atoms with E-state index in [4.69, 9.17) is 10.5 Å². The van der Waals surface area contributed by atoms with Gasteiger partial charge < -0.3 is 21.1 Å². The predicted octanol–water partition coefficient (Wildman–Crippen LogP) is 1.58. The summed E-state index contributed by atoms with van der Waals surface area (Å²) in [7, 11) is 1.46. The van der Waals surface area contributed by atoms with E-state index < -0.39 is 0 Å². The molecule has 2 amide bonds. The van der Waals surface area contributed by atoms with Gasteiger partial charge >= 0.3 is 0 Å². The van der Waals surface area contributed by atoms with Gasteiger partial charge in [0, 0.05) is 30.9 Å². The number of ether oxygens (including phenoxy) is 1. The normalized spacial score (nSPS) is 12.0. The monoisotopic (exact) mass is 293 g/mol. The van der Waals surface area contributed by atoms with E-state index in [0.29, 0.717) is 11.4 Å². The largest absolute Gasteiger partial charge is 0.375 e. The molecule has 1 aromatic rings. The van der Waals surface area contributed by atoms with E-state index in [2.05, 4.69) is 10.6 Å². The third-order valence-electron chi connectivity index (χ3n) is 3.01. The second-order valence-corrected chi connectivity index (χ2v) is 5.22. The van der Waals surface area contributed by atoms with E-state index >= 15 is 0 Å². The highest BCUT2D eigenvalue weighted by Crippen LogP contribution is 2.14. The first kappa shape index (κ1) is 17.1. The molecule has 0 aliphatic carbocycles. The van der Waals surface area contributed by atoms with Crippen molar-refractivity contribution in [2.24, 2.45) is 11.7 Å². The van der Waals surface area contributed by atoms with Gasteiger partial charge in [-0.1, -0.05) is 13.8 Å². The van der Waals surface area contributed by atoms with Crippen molar-refractivity contribution in [3.05, 3.63) is 24.3 Å². The van der Waals surface area contributed by atoms with Crippen LogP contribution in [0.4, 0.5) is 11.4 Å². The molecule has 1 atom stereocenters. The number of nitrogens with two attached hydrogens (primary N) is 1.